The number of hydrogen-bond acceptors (Lipinski definition) is 4. The normalized spacial score (nSPS) is 36.2. The van der Waals surface area contributed by atoms with Gasteiger partial charge < -0.3 is 9.84 Å². The van der Waals surface area contributed by atoms with Gasteiger partial charge in [-0.3, -0.25) is 9.69 Å². The zero-order valence-corrected chi connectivity index (χ0v) is 9.63. The molecule has 0 amide bonds. The number of rotatable bonds is 2. The van der Waals surface area contributed by atoms with Crippen LogP contribution in [-0.2, 0) is 9.53 Å². The molecule has 0 aromatic rings. The molecule has 1 aliphatic carbocycles. The third kappa shape index (κ3) is 2.51. The van der Waals surface area contributed by atoms with E-state index in [4.69, 9.17) is 4.74 Å². The third-order valence-electron chi connectivity index (χ3n) is 3.43. The van der Waals surface area contributed by atoms with Crippen molar-refractivity contribution in [2.75, 3.05) is 19.8 Å². The summed E-state index contributed by atoms with van der Waals surface area (Å²) in [6.45, 7) is 3.47. The second kappa shape index (κ2) is 5.08. The SMILES string of the molecule is CC(=O)C1C=CC(N2CCOCC2O)CC1. The molecule has 4 nitrogen and oxygen atoms in total. The molecule has 0 radical (unpaired) electrons. The second-order valence-electron chi connectivity index (χ2n) is 4.54. The molecule has 1 saturated heterocycles. The number of hydrogen-bond donors (Lipinski definition) is 1. The molecule has 16 heavy (non-hydrogen) atoms. The Morgan fingerprint density at radius 1 is 1.44 bits per heavy atom. The van der Waals surface area contributed by atoms with E-state index in [1.54, 1.807) is 6.92 Å². The Bertz CT molecular complexity index is 290. The molecule has 1 N–H and O–H groups in total. The fourth-order valence-corrected chi connectivity index (χ4v) is 2.41. The average Bonchev–Trinajstić information content (AvgIpc) is 2.30. The van der Waals surface area contributed by atoms with Crippen LogP contribution in [0.4, 0.5) is 0 Å². The van der Waals surface area contributed by atoms with Crippen molar-refractivity contribution < 1.29 is 14.6 Å². The molecule has 0 aromatic carbocycles. The number of allylic oxidation sites excluding steroid dienone is 1. The van der Waals surface area contributed by atoms with Crippen molar-refractivity contribution in [2.24, 2.45) is 5.92 Å². The van der Waals surface area contributed by atoms with Crippen molar-refractivity contribution >= 4 is 5.78 Å². The zero-order valence-electron chi connectivity index (χ0n) is 9.63. The van der Waals surface area contributed by atoms with Crippen LogP contribution in [0.5, 0.6) is 0 Å². The van der Waals surface area contributed by atoms with Gasteiger partial charge >= 0.3 is 0 Å². The van der Waals surface area contributed by atoms with E-state index in [9.17, 15) is 9.90 Å². The van der Waals surface area contributed by atoms with E-state index in [2.05, 4.69) is 11.0 Å². The van der Waals surface area contributed by atoms with E-state index in [-0.39, 0.29) is 17.7 Å². The lowest BCUT2D eigenvalue weighted by Gasteiger charge is -2.38. The lowest BCUT2D eigenvalue weighted by atomic mass is 9.89. The average molecular weight is 225 g/mol. The van der Waals surface area contributed by atoms with Crippen LogP contribution in [0, 0.1) is 5.92 Å². The van der Waals surface area contributed by atoms with Crippen molar-refractivity contribution in [3.8, 4) is 0 Å². The van der Waals surface area contributed by atoms with Gasteiger partial charge in [0.2, 0.25) is 0 Å². The molecule has 3 atom stereocenters. The molecular weight excluding hydrogens is 206 g/mol. The maximum atomic E-state index is 11.2. The van der Waals surface area contributed by atoms with Gasteiger partial charge in [0.25, 0.3) is 0 Å². The molecule has 2 rings (SSSR count). The predicted octanol–water partition coefficient (Wildman–Crippen LogP) is 0.561. The summed E-state index contributed by atoms with van der Waals surface area (Å²) < 4.78 is 5.19. The summed E-state index contributed by atoms with van der Waals surface area (Å²) in [5.41, 5.74) is 0. The molecule has 0 bridgehead atoms. The van der Waals surface area contributed by atoms with Crippen LogP contribution in [0.15, 0.2) is 12.2 Å². The van der Waals surface area contributed by atoms with E-state index in [0.29, 0.717) is 13.2 Å². The highest BCUT2D eigenvalue weighted by atomic mass is 16.5. The van der Waals surface area contributed by atoms with Gasteiger partial charge in [-0.05, 0) is 19.8 Å². The molecule has 0 saturated carbocycles. The van der Waals surface area contributed by atoms with Crippen LogP contribution in [0.3, 0.4) is 0 Å². The Labute approximate surface area is 95.9 Å². The van der Waals surface area contributed by atoms with E-state index in [0.717, 1.165) is 19.4 Å². The maximum Gasteiger partial charge on any atom is 0.136 e. The van der Waals surface area contributed by atoms with Gasteiger partial charge in [0.1, 0.15) is 12.0 Å². The number of ether oxygens (including phenoxy) is 1. The van der Waals surface area contributed by atoms with Gasteiger partial charge in [-0.1, -0.05) is 12.2 Å². The smallest absolute Gasteiger partial charge is 0.136 e. The minimum absolute atomic E-state index is 0.0782. The van der Waals surface area contributed by atoms with Crippen LogP contribution < -0.4 is 0 Å². The number of Topliss-reactive ketones (excluding diaryl/α,β-unsaturated/α-hetero) is 1. The molecule has 0 aromatic heterocycles. The molecular formula is C12H19NO3. The van der Waals surface area contributed by atoms with E-state index in [1.165, 1.54) is 0 Å². The molecule has 2 aliphatic rings. The lowest BCUT2D eigenvalue weighted by molar-refractivity contribution is -0.122. The van der Waals surface area contributed by atoms with Crippen molar-refractivity contribution in [2.45, 2.75) is 32.0 Å². The largest absolute Gasteiger partial charge is 0.376 e. The zero-order chi connectivity index (χ0) is 11.5. The standard InChI is InChI=1S/C12H19NO3/c1-9(14)10-2-4-11(5-3-10)13-6-7-16-8-12(13)15/h2,4,10-12,15H,3,5-8H2,1H3. The molecule has 0 spiro atoms. The van der Waals surface area contributed by atoms with Crippen molar-refractivity contribution in [1.82, 2.24) is 4.90 Å². The Kier molecular flexibility index (Phi) is 3.74. The Morgan fingerprint density at radius 3 is 2.81 bits per heavy atom. The van der Waals surface area contributed by atoms with E-state index >= 15 is 0 Å². The highest BCUT2D eigenvalue weighted by Crippen LogP contribution is 2.24. The van der Waals surface area contributed by atoms with Gasteiger partial charge in [-0.15, -0.1) is 0 Å². The lowest BCUT2D eigenvalue weighted by Crippen LogP contribution is -2.50. The first-order chi connectivity index (χ1) is 7.68. The Hall–Kier alpha value is -0.710. The fourth-order valence-electron chi connectivity index (χ4n) is 2.41. The van der Waals surface area contributed by atoms with Gasteiger partial charge in [0.05, 0.1) is 13.2 Å². The van der Waals surface area contributed by atoms with Crippen LogP contribution in [-0.4, -0.2) is 47.8 Å². The molecule has 3 unspecified atom stereocenters. The summed E-state index contributed by atoms with van der Waals surface area (Å²) in [7, 11) is 0. The van der Waals surface area contributed by atoms with Crippen LogP contribution >= 0.6 is 0 Å². The maximum absolute atomic E-state index is 11.2. The number of carbonyl (C=O) groups excluding carboxylic acids is 1. The van der Waals surface area contributed by atoms with E-state index < -0.39 is 6.23 Å². The molecule has 1 heterocycles. The number of nitrogens with zero attached hydrogens (tertiary/aromatic N) is 1. The van der Waals surface area contributed by atoms with Gasteiger partial charge in [0.15, 0.2) is 0 Å². The van der Waals surface area contributed by atoms with Crippen LogP contribution in [0.2, 0.25) is 0 Å². The molecule has 90 valence electrons. The monoisotopic (exact) mass is 225 g/mol. The molecule has 4 heteroatoms. The quantitative estimate of drug-likeness (QED) is 0.698. The predicted molar refractivity (Wildman–Crippen MR) is 59.9 cm³/mol. The molecule has 1 fully saturated rings. The van der Waals surface area contributed by atoms with Gasteiger partial charge in [-0.2, -0.15) is 0 Å². The number of ketones is 1. The summed E-state index contributed by atoms with van der Waals surface area (Å²) in [6, 6.07) is 0.259. The first-order valence-corrected chi connectivity index (χ1v) is 5.89. The van der Waals surface area contributed by atoms with Crippen molar-refractivity contribution in [3.05, 3.63) is 12.2 Å². The van der Waals surface area contributed by atoms with Gasteiger partial charge in [-0.25, -0.2) is 0 Å². The fraction of sp³-hybridized carbons (Fsp3) is 0.750. The number of morpholine rings is 1. The Morgan fingerprint density at radius 2 is 2.25 bits per heavy atom. The Balaban J connectivity index is 1.96. The van der Waals surface area contributed by atoms with Crippen LogP contribution in [0.1, 0.15) is 19.8 Å². The topological polar surface area (TPSA) is 49.8 Å². The van der Waals surface area contributed by atoms with Crippen molar-refractivity contribution in [1.29, 1.82) is 0 Å². The second-order valence-corrected chi connectivity index (χ2v) is 4.54. The van der Waals surface area contributed by atoms with E-state index in [1.807, 2.05) is 6.08 Å². The highest BCUT2D eigenvalue weighted by Gasteiger charge is 2.29. The van der Waals surface area contributed by atoms with Crippen LogP contribution in [0.25, 0.3) is 0 Å². The third-order valence-corrected chi connectivity index (χ3v) is 3.43. The highest BCUT2D eigenvalue weighted by molar-refractivity contribution is 5.80. The first-order valence-electron chi connectivity index (χ1n) is 5.89. The first kappa shape index (κ1) is 11.8. The minimum Gasteiger partial charge on any atom is -0.376 e. The summed E-state index contributed by atoms with van der Waals surface area (Å²) >= 11 is 0. The molecule has 1 aliphatic heterocycles. The summed E-state index contributed by atoms with van der Waals surface area (Å²) in [4.78, 5) is 13.3. The number of aliphatic hydroxyl groups is 1. The minimum atomic E-state index is -0.503. The summed E-state index contributed by atoms with van der Waals surface area (Å²) in [5, 5.41) is 9.80. The number of aliphatic hydroxyl groups excluding tert-OH is 1. The summed E-state index contributed by atoms with van der Waals surface area (Å²) in [5.74, 6) is 0.312. The van der Waals surface area contributed by atoms with Gasteiger partial charge in [0, 0.05) is 18.5 Å². The van der Waals surface area contributed by atoms with Crippen molar-refractivity contribution in [3.63, 3.8) is 0 Å². The summed E-state index contributed by atoms with van der Waals surface area (Å²) in [6.07, 6.45) is 5.37. The number of carbonyl (C=O) groups is 1.